The number of carboxylic acids is 2. The molecule has 1 aromatic heterocycles. The summed E-state index contributed by atoms with van der Waals surface area (Å²) in [5.41, 5.74) is 5.48. The normalized spacial score (nSPS) is 30.8. The molecule has 0 saturated carbocycles. The van der Waals surface area contributed by atoms with E-state index in [1.807, 2.05) is 57.2 Å². The number of nitrogens with one attached hydrogen (secondary N) is 2. The maximum Gasteiger partial charge on any atom is 0.303 e. The highest BCUT2D eigenvalue weighted by molar-refractivity contribution is 6.22. The Morgan fingerprint density at radius 3 is 2.39 bits per heavy atom. The number of aliphatic carboxylic acids is 2. The molecule has 0 amide bonds. The second kappa shape index (κ2) is 9.28. The molecule has 0 aromatic carbocycles. The molecule has 196 valence electrons. The number of carboxylic acid groups (broad SMARTS) is 2. The van der Waals surface area contributed by atoms with Crippen molar-refractivity contribution in [2.24, 2.45) is 9.98 Å². The van der Waals surface area contributed by atoms with Gasteiger partial charge >= 0.3 is 11.9 Å². The number of aliphatic imine (C=N–C) groups is 2. The summed E-state index contributed by atoms with van der Waals surface area (Å²) in [4.78, 5) is 36.8. The second-order valence-electron chi connectivity index (χ2n) is 10.6. The summed E-state index contributed by atoms with van der Waals surface area (Å²) in [6, 6.07) is 3.94. The molecule has 4 aliphatic heterocycles. The lowest BCUT2D eigenvalue weighted by atomic mass is 9.76. The average Bonchev–Trinajstić information content (AvgIpc) is 3.59. The van der Waals surface area contributed by atoms with E-state index in [-0.39, 0.29) is 25.7 Å². The lowest BCUT2D eigenvalue weighted by Gasteiger charge is -2.34. The summed E-state index contributed by atoms with van der Waals surface area (Å²) in [5, 5.41) is 24.6. The molecule has 4 aliphatic rings. The maximum atomic E-state index is 11.8. The van der Waals surface area contributed by atoms with E-state index in [1.54, 1.807) is 0 Å². The Balaban J connectivity index is 1.79. The smallest absolute Gasteiger partial charge is 0.303 e. The Labute approximate surface area is 221 Å². The minimum absolute atomic E-state index is 0.0625. The van der Waals surface area contributed by atoms with Crippen LogP contribution in [0.15, 0.2) is 80.1 Å². The first kappa shape index (κ1) is 25.4. The summed E-state index contributed by atoms with van der Waals surface area (Å²) in [7, 11) is 0. The topological polar surface area (TPSA) is 127 Å². The van der Waals surface area contributed by atoms with Crippen LogP contribution in [0.4, 0.5) is 0 Å². The van der Waals surface area contributed by atoms with Crippen molar-refractivity contribution in [3.63, 3.8) is 0 Å². The lowest BCUT2D eigenvalue weighted by molar-refractivity contribution is -0.138. The number of aromatic amines is 1. The summed E-state index contributed by atoms with van der Waals surface area (Å²) in [5.74, 6) is -1.82. The van der Waals surface area contributed by atoms with Crippen LogP contribution in [0.1, 0.15) is 53.4 Å². The Morgan fingerprint density at radius 1 is 0.974 bits per heavy atom. The van der Waals surface area contributed by atoms with E-state index in [9.17, 15) is 19.8 Å². The Hall–Kier alpha value is -4.20. The molecule has 38 heavy (non-hydrogen) atoms. The predicted molar refractivity (Wildman–Crippen MR) is 148 cm³/mol. The minimum atomic E-state index is -0.975. The third kappa shape index (κ3) is 4.62. The Kier molecular flexibility index (Phi) is 6.21. The molecule has 1 aromatic rings. The highest BCUT2D eigenvalue weighted by atomic mass is 16.4. The average molecular weight is 513 g/mol. The van der Waals surface area contributed by atoms with Crippen LogP contribution in [0, 0.1) is 0 Å². The van der Waals surface area contributed by atoms with E-state index in [0.29, 0.717) is 0 Å². The van der Waals surface area contributed by atoms with Gasteiger partial charge in [-0.15, -0.1) is 0 Å². The van der Waals surface area contributed by atoms with E-state index in [4.69, 9.17) is 9.98 Å². The van der Waals surface area contributed by atoms with Gasteiger partial charge in [-0.25, -0.2) is 4.99 Å². The first-order valence-corrected chi connectivity index (χ1v) is 12.8. The molecule has 0 spiro atoms. The molecule has 4 N–H and O–H groups in total. The zero-order chi connectivity index (χ0) is 27.2. The van der Waals surface area contributed by atoms with Crippen LogP contribution in [0.3, 0.4) is 0 Å². The monoisotopic (exact) mass is 512 g/mol. The van der Waals surface area contributed by atoms with Crippen molar-refractivity contribution in [3.05, 3.63) is 80.8 Å². The zero-order valence-electron chi connectivity index (χ0n) is 22.1. The van der Waals surface area contributed by atoms with E-state index >= 15 is 0 Å². The van der Waals surface area contributed by atoms with Crippen LogP contribution in [-0.4, -0.2) is 49.6 Å². The van der Waals surface area contributed by atoms with Gasteiger partial charge in [0, 0.05) is 29.2 Å². The predicted octanol–water partition coefficient (Wildman–Crippen LogP) is 3.31. The number of aromatic nitrogens is 1. The van der Waals surface area contributed by atoms with Gasteiger partial charge in [0.2, 0.25) is 0 Å². The lowest BCUT2D eigenvalue weighted by Crippen LogP contribution is -2.37. The molecule has 0 aliphatic carbocycles. The van der Waals surface area contributed by atoms with E-state index in [0.717, 1.165) is 55.8 Å². The van der Waals surface area contributed by atoms with Crippen LogP contribution in [0.5, 0.6) is 0 Å². The quantitative estimate of drug-likeness (QED) is 0.465. The Bertz CT molecular complexity index is 1590. The van der Waals surface area contributed by atoms with E-state index < -0.39 is 23.0 Å². The van der Waals surface area contributed by atoms with Crippen LogP contribution >= 0.6 is 0 Å². The van der Waals surface area contributed by atoms with Gasteiger partial charge < -0.3 is 20.5 Å². The van der Waals surface area contributed by atoms with Crippen LogP contribution in [0.2, 0.25) is 0 Å². The van der Waals surface area contributed by atoms with Gasteiger partial charge in [-0.1, -0.05) is 6.08 Å². The molecular weight excluding hydrogens is 480 g/mol. The third-order valence-electron chi connectivity index (χ3n) is 7.69. The Morgan fingerprint density at radius 2 is 1.68 bits per heavy atom. The van der Waals surface area contributed by atoms with Crippen molar-refractivity contribution in [2.75, 3.05) is 0 Å². The first-order valence-electron chi connectivity index (χ1n) is 12.8. The van der Waals surface area contributed by atoms with Crippen molar-refractivity contribution >= 4 is 35.5 Å². The molecule has 2 atom stereocenters. The number of hydrogen-bond acceptors (Lipinski definition) is 5. The molecule has 8 bridgehead atoms. The third-order valence-corrected chi connectivity index (χ3v) is 7.69. The molecular formula is C30H32N4O4. The second-order valence-corrected chi connectivity index (χ2v) is 10.6. The fourth-order valence-electron chi connectivity index (χ4n) is 5.95. The highest BCUT2D eigenvalue weighted by Crippen LogP contribution is 2.46. The van der Waals surface area contributed by atoms with Crippen molar-refractivity contribution in [1.82, 2.24) is 10.3 Å². The van der Waals surface area contributed by atoms with Gasteiger partial charge in [-0.3, -0.25) is 14.6 Å². The van der Waals surface area contributed by atoms with E-state index in [2.05, 4.69) is 29.4 Å². The van der Waals surface area contributed by atoms with Gasteiger partial charge in [0.1, 0.15) is 5.54 Å². The molecule has 5 rings (SSSR count). The SMILES string of the molecule is CC1=CC2(C)/C=C3/C=CC(=N3)/C=c3/cc/c([nH]3)=C/C3=NC(CCC(=O)O)(C(CCC(=O)O)=C3C)/C(C)=C/1N2. The molecule has 8 heteroatoms. The molecule has 0 fully saturated rings. The fourth-order valence-corrected chi connectivity index (χ4v) is 5.95. The largest absolute Gasteiger partial charge is 0.481 e. The van der Waals surface area contributed by atoms with Gasteiger partial charge in [0.05, 0.1) is 22.7 Å². The fraction of sp³-hybridized carbons (Fsp3) is 0.333. The molecule has 0 radical (unpaired) electrons. The van der Waals surface area contributed by atoms with Gasteiger partial charge in [0.15, 0.2) is 0 Å². The molecule has 2 unspecified atom stereocenters. The van der Waals surface area contributed by atoms with Crippen LogP contribution in [-0.2, 0) is 9.59 Å². The summed E-state index contributed by atoms with van der Waals surface area (Å²) in [6.45, 7) is 8.04. The van der Waals surface area contributed by atoms with Crippen LogP contribution in [0.25, 0.3) is 12.2 Å². The number of rotatable bonds is 6. The van der Waals surface area contributed by atoms with Crippen molar-refractivity contribution in [2.45, 2.75) is 64.5 Å². The number of fused-ring (bicyclic) bond motifs is 6. The molecule has 5 heterocycles. The van der Waals surface area contributed by atoms with Crippen LogP contribution < -0.4 is 16.0 Å². The van der Waals surface area contributed by atoms with Gasteiger partial charge in [0.25, 0.3) is 0 Å². The number of nitrogens with zero attached hydrogens (tertiary/aromatic N) is 2. The van der Waals surface area contributed by atoms with Crippen molar-refractivity contribution < 1.29 is 19.8 Å². The standard InChI is InChI=1S/C30H32N4O4/c1-17-15-29(4)16-23-8-7-21(32-23)13-20-5-6-22(31-20)14-25-18(2)24(9-10-26(35)36)30(33-25,12-11-27(37)38)19(3)28(17)34-29/h5-8,13-16,31,34H,9-12H2,1-4H3,(H,35,36)(H,37,38)/b20-13-,22-14-,23-16-,28-19-. The number of hydrogen-bond donors (Lipinski definition) is 4. The number of H-pyrrole nitrogens is 1. The highest BCUT2D eigenvalue weighted by Gasteiger charge is 2.44. The van der Waals surface area contributed by atoms with Gasteiger partial charge in [-0.05, 0) is 105 Å². The minimum Gasteiger partial charge on any atom is -0.481 e. The maximum absolute atomic E-state index is 11.8. The molecule has 0 saturated heterocycles. The van der Waals surface area contributed by atoms with Crippen molar-refractivity contribution in [3.8, 4) is 0 Å². The molecule has 8 nitrogen and oxygen atoms in total. The number of carbonyl (C=O) groups is 2. The first-order chi connectivity index (χ1) is 18.0. The number of allylic oxidation sites excluding steroid dienone is 4. The summed E-state index contributed by atoms with van der Waals surface area (Å²) >= 11 is 0. The van der Waals surface area contributed by atoms with Gasteiger partial charge in [-0.2, -0.15) is 0 Å². The summed E-state index contributed by atoms with van der Waals surface area (Å²) < 4.78 is 0. The van der Waals surface area contributed by atoms with E-state index in [1.165, 1.54) is 0 Å². The zero-order valence-corrected chi connectivity index (χ0v) is 22.1. The summed E-state index contributed by atoms with van der Waals surface area (Å²) in [6.07, 6.45) is 12.5. The van der Waals surface area contributed by atoms with Crippen molar-refractivity contribution in [1.29, 1.82) is 0 Å².